The first-order valence-electron chi connectivity index (χ1n) is 7.53. The van der Waals surface area contributed by atoms with Crippen LogP contribution in [-0.2, 0) is 11.8 Å². The molecule has 0 spiro atoms. The van der Waals surface area contributed by atoms with E-state index in [0.29, 0.717) is 11.7 Å². The first-order chi connectivity index (χ1) is 9.41. The van der Waals surface area contributed by atoms with Crippen LogP contribution in [0.2, 0.25) is 0 Å². The molecule has 1 aliphatic rings. The van der Waals surface area contributed by atoms with Crippen molar-refractivity contribution in [3.05, 3.63) is 23.3 Å². The van der Waals surface area contributed by atoms with Crippen molar-refractivity contribution in [1.29, 1.82) is 0 Å². The molecule has 3 heteroatoms. The molecule has 1 aromatic carbocycles. The van der Waals surface area contributed by atoms with Crippen molar-refractivity contribution in [3.63, 3.8) is 0 Å². The maximum atomic E-state index is 10.2. The van der Waals surface area contributed by atoms with Crippen LogP contribution in [-0.4, -0.2) is 25.3 Å². The van der Waals surface area contributed by atoms with E-state index in [0.717, 1.165) is 30.6 Å². The second-order valence-corrected chi connectivity index (χ2v) is 6.85. The Kier molecular flexibility index (Phi) is 4.59. The molecule has 1 unspecified atom stereocenters. The molecule has 112 valence electrons. The molecule has 2 rings (SSSR count). The largest absolute Gasteiger partial charge is 0.504 e. The Labute approximate surface area is 122 Å². The van der Waals surface area contributed by atoms with E-state index in [1.165, 1.54) is 12.8 Å². The minimum atomic E-state index is 0.0311. The topological polar surface area (TPSA) is 41.5 Å². The van der Waals surface area contributed by atoms with Gasteiger partial charge in [-0.15, -0.1) is 0 Å². The van der Waals surface area contributed by atoms with Gasteiger partial charge in [-0.1, -0.05) is 26.8 Å². The SMILES string of the molecule is COc1c(O)cc(C(C)(C)C)cc1CC1CCCNC1. The highest BCUT2D eigenvalue weighted by atomic mass is 16.5. The minimum Gasteiger partial charge on any atom is -0.504 e. The summed E-state index contributed by atoms with van der Waals surface area (Å²) in [5, 5.41) is 13.7. The number of ether oxygens (including phenoxy) is 1. The Morgan fingerprint density at radius 3 is 2.65 bits per heavy atom. The number of benzene rings is 1. The molecule has 20 heavy (non-hydrogen) atoms. The third-order valence-corrected chi connectivity index (χ3v) is 4.12. The summed E-state index contributed by atoms with van der Waals surface area (Å²) in [5.74, 6) is 1.54. The van der Waals surface area contributed by atoms with Gasteiger partial charge in [0, 0.05) is 0 Å². The van der Waals surface area contributed by atoms with Gasteiger partial charge in [0.1, 0.15) is 0 Å². The molecule has 1 saturated heterocycles. The first kappa shape index (κ1) is 15.2. The van der Waals surface area contributed by atoms with E-state index in [9.17, 15) is 5.11 Å². The van der Waals surface area contributed by atoms with Crippen molar-refractivity contribution in [3.8, 4) is 11.5 Å². The zero-order chi connectivity index (χ0) is 14.8. The highest BCUT2D eigenvalue weighted by molar-refractivity contribution is 5.50. The highest BCUT2D eigenvalue weighted by Crippen LogP contribution is 2.37. The van der Waals surface area contributed by atoms with Crippen molar-refractivity contribution < 1.29 is 9.84 Å². The number of nitrogens with one attached hydrogen (secondary N) is 1. The summed E-state index contributed by atoms with van der Waals surface area (Å²) in [4.78, 5) is 0. The predicted molar refractivity (Wildman–Crippen MR) is 82.7 cm³/mol. The number of piperidine rings is 1. The molecule has 1 aliphatic heterocycles. The van der Waals surface area contributed by atoms with E-state index in [-0.39, 0.29) is 11.2 Å². The Morgan fingerprint density at radius 1 is 1.35 bits per heavy atom. The van der Waals surface area contributed by atoms with Crippen molar-refractivity contribution in [2.75, 3.05) is 20.2 Å². The van der Waals surface area contributed by atoms with Crippen LogP contribution in [0, 0.1) is 5.92 Å². The number of hydrogen-bond donors (Lipinski definition) is 2. The number of phenols is 1. The van der Waals surface area contributed by atoms with Crippen LogP contribution in [0.1, 0.15) is 44.7 Å². The van der Waals surface area contributed by atoms with Crippen LogP contribution in [0.25, 0.3) is 0 Å². The maximum Gasteiger partial charge on any atom is 0.163 e. The van der Waals surface area contributed by atoms with Crippen molar-refractivity contribution in [2.45, 2.75) is 45.4 Å². The summed E-state index contributed by atoms with van der Waals surface area (Å²) in [6.45, 7) is 8.69. The van der Waals surface area contributed by atoms with Crippen molar-refractivity contribution in [1.82, 2.24) is 5.32 Å². The van der Waals surface area contributed by atoms with E-state index < -0.39 is 0 Å². The van der Waals surface area contributed by atoms with Crippen LogP contribution in [0.15, 0.2) is 12.1 Å². The summed E-state index contributed by atoms with van der Waals surface area (Å²) in [6, 6.07) is 4.04. The lowest BCUT2D eigenvalue weighted by Gasteiger charge is -2.26. The van der Waals surface area contributed by atoms with E-state index in [4.69, 9.17) is 4.74 Å². The zero-order valence-electron chi connectivity index (χ0n) is 13.1. The Bertz CT molecular complexity index is 457. The maximum absolute atomic E-state index is 10.2. The number of methoxy groups -OCH3 is 1. The molecule has 0 aliphatic carbocycles. The van der Waals surface area contributed by atoms with Gasteiger partial charge in [0.05, 0.1) is 7.11 Å². The summed E-state index contributed by atoms with van der Waals surface area (Å²) < 4.78 is 5.41. The molecule has 3 nitrogen and oxygen atoms in total. The van der Waals surface area contributed by atoms with Crippen LogP contribution < -0.4 is 10.1 Å². The third kappa shape index (κ3) is 3.45. The molecular weight excluding hydrogens is 250 g/mol. The molecule has 2 N–H and O–H groups in total. The molecule has 0 amide bonds. The Morgan fingerprint density at radius 2 is 2.10 bits per heavy atom. The van der Waals surface area contributed by atoms with Gasteiger partial charge in [0.15, 0.2) is 11.5 Å². The molecule has 0 aromatic heterocycles. The molecule has 1 atom stereocenters. The predicted octanol–water partition coefficient (Wildman–Crippen LogP) is 3.24. The molecule has 0 radical (unpaired) electrons. The Hall–Kier alpha value is -1.22. The van der Waals surface area contributed by atoms with E-state index >= 15 is 0 Å². The summed E-state index contributed by atoms with van der Waals surface area (Å²) in [7, 11) is 1.63. The molecular formula is C17H27NO2. The minimum absolute atomic E-state index is 0.0311. The Balaban J connectivity index is 2.30. The first-order valence-corrected chi connectivity index (χ1v) is 7.53. The molecule has 0 saturated carbocycles. The lowest BCUT2D eigenvalue weighted by Crippen LogP contribution is -2.31. The second kappa shape index (κ2) is 6.04. The van der Waals surface area contributed by atoms with Crippen LogP contribution >= 0.6 is 0 Å². The summed E-state index contributed by atoms with van der Waals surface area (Å²) in [6.07, 6.45) is 3.45. The molecule has 0 bridgehead atoms. The quantitative estimate of drug-likeness (QED) is 0.891. The van der Waals surface area contributed by atoms with Gasteiger partial charge >= 0.3 is 0 Å². The van der Waals surface area contributed by atoms with Crippen LogP contribution in [0.4, 0.5) is 0 Å². The average Bonchev–Trinajstić information content (AvgIpc) is 2.38. The lowest BCUT2D eigenvalue weighted by atomic mass is 9.83. The van der Waals surface area contributed by atoms with Gasteiger partial charge in [-0.2, -0.15) is 0 Å². The summed E-state index contributed by atoms with van der Waals surface area (Å²) in [5.41, 5.74) is 2.32. The second-order valence-electron chi connectivity index (χ2n) is 6.85. The fourth-order valence-corrected chi connectivity index (χ4v) is 2.90. The van der Waals surface area contributed by atoms with Gasteiger partial charge in [-0.3, -0.25) is 0 Å². The fourth-order valence-electron chi connectivity index (χ4n) is 2.90. The van der Waals surface area contributed by atoms with Gasteiger partial charge in [0.25, 0.3) is 0 Å². The van der Waals surface area contributed by atoms with E-state index in [1.807, 2.05) is 6.07 Å². The monoisotopic (exact) mass is 277 g/mol. The van der Waals surface area contributed by atoms with E-state index in [2.05, 4.69) is 32.2 Å². The number of aromatic hydroxyl groups is 1. The van der Waals surface area contributed by atoms with Gasteiger partial charge in [-0.05, 0) is 60.9 Å². The van der Waals surface area contributed by atoms with Gasteiger partial charge in [0.2, 0.25) is 0 Å². The van der Waals surface area contributed by atoms with Gasteiger partial charge < -0.3 is 15.2 Å². The highest BCUT2D eigenvalue weighted by Gasteiger charge is 2.22. The summed E-state index contributed by atoms with van der Waals surface area (Å²) >= 11 is 0. The smallest absolute Gasteiger partial charge is 0.163 e. The number of phenolic OH excluding ortho intramolecular Hbond substituents is 1. The van der Waals surface area contributed by atoms with E-state index in [1.54, 1.807) is 7.11 Å². The standard InChI is InChI=1S/C17H27NO2/c1-17(2,3)14-9-13(16(20-4)15(19)10-14)8-12-6-5-7-18-11-12/h9-10,12,18-19H,5-8,11H2,1-4H3. The van der Waals surface area contributed by atoms with Crippen LogP contribution in [0.5, 0.6) is 11.5 Å². The molecule has 1 heterocycles. The molecule has 1 fully saturated rings. The fraction of sp³-hybridized carbons (Fsp3) is 0.647. The number of hydrogen-bond acceptors (Lipinski definition) is 3. The zero-order valence-corrected chi connectivity index (χ0v) is 13.1. The van der Waals surface area contributed by atoms with Crippen molar-refractivity contribution in [2.24, 2.45) is 5.92 Å². The average molecular weight is 277 g/mol. The number of rotatable bonds is 3. The lowest BCUT2D eigenvalue weighted by molar-refractivity contribution is 0.349. The van der Waals surface area contributed by atoms with Crippen molar-refractivity contribution >= 4 is 0 Å². The third-order valence-electron chi connectivity index (χ3n) is 4.12. The normalized spacial score (nSPS) is 19.9. The van der Waals surface area contributed by atoms with Crippen LogP contribution in [0.3, 0.4) is 0 Å². The molecule has 1 aromatic rings. The van der Waals surface area contributed by atoms with Gasteiger partial charge in [-0.25, -0.2) is 0 Å².